The molecular weight excluding hydrogens is 242 g/mol. The van der Waals surface area contributed by atoms with Crippen LogP contribution in [0.25, 0.3) is 5.78 Å². The fraction of sp³-hybridized carbons (Fsp3) is 0.154. The number of nitrogens with zero attached hydrogens (tertiary/aromatic N) is 3. The van der Waals surface area contributed by atoms with E-state index in [9.17, 15) is 4.79 Å². The van der Waals surface area contributed by atoms with Gasteiger partial charge in [0.15, 0.2) is 5.82 Å². The minimum atomic E-state index is -0.271. The lowest BCUT2D eigenvalue weighted by molar-refractivity contribution is 0.838. The van der Waals surface area contributed by atoms with Gasteiger partial charge < -0.3 is 5.73 Å². The highest BCUT2D eigenvalue weighted by molar-refractivity contribution is 5.38. The van der Waals surface area contributed by atoms with E-state index in [1.807, 2.05) is 18.2 Å². The van der Waals surface area contributed by atoms with Crippen LogP contribution in [0.1, 0.15) is 11.4 Å². The van der Waals surface area contributed by atoms with E-state index in [1.54, 1.807) is 0 Å². The summed E-state index contributed by atoms with van der Waals surface area (Å²) in [6.07, 6.45) is 1.55. The molecule has 0 aliphatic carbocycles. The van der Waals surface area contributed by atoms with Crippen molar-refractivity contribution < 1.29 is 0 Å². The highest BCUT2D eigenvalue weighted by Gasteiger charge is 2.07. The minimum absolute atomic E-state index is 0.271. The van der Waals surface area contributed by atoms with E-state index in [1.165, 1.54) is 16.1 Å². The van der Waals surface area contributed by atoms with Gasteiger partial charge in [0.25, 0.3) is 5.56 Å². The monoisotopic (exact) mass is 255 g/mol. The molecular formula is C13H13N5O. The molecule has 0 fully saturated rings. The number of aryl methyl sites for hydroxylation is 2. The van der Waals surface area contributed by atoms with E-state index >= 15 is 0 Å². The van der Waals surface area contributed by atoms with Gasteiger partial charge in [-0.1, -0.05) is 30.3 Å². The highest BCUT2D eigenvalue weighted by atomic mass is 16.1. The number of anilines is 1. The van der Waals surface area contributed by atoms with Gasteiger partial charge in [0.2, 0.25) is 5.78 Å². The Balaban J connectivity index is 1.86. The van der Waals surface area contributed by atoms with Crippen LogP contribution in [0.2, 0.25) is 0 Å². The van der Waals surface area contributed by atoms with E-state index in [-0.39, 0.29) is 11.4 Å². The summed E-state index contributed by atoms with van der Waals surface area (Å²) in [6.45, 7) is 0. The molecule has 0 saturated heterocycles. The van der Waals surface area contributed by atoms with Crippen molar-refractivity contribution >= 4 is 11.6 Å². The van der Waals surface area contributed by atoms with Crippen LogP contribution in [0.3, 0.4) is 0 Å². The third-order valence-corrected chi connectivity index (χ3v) is 2.89. The minimum Gasteiger partial charge on any atom is -0.383 e. The fourth-order valence-corrected chi connectivity index (χ4v) is 1.96. The third kappa shape index (κ3) is 2.33. The van der Waals surface area contributed by atoms with Gasteiger partial charge in [0, 0.05) is 12.5 Å². The van der Waals surface area contributed by atoms with E-state index in [0.717, 1.165) is 6.42 Å². The average Bonchev–Trinajstić information content (AvgIpc) is 2.81. The van der Waals surface area contributed by atoms with Crippen LogP contribution < -0.4 is 11.3 Å². The Morgan fingerprint density at radius 3 is 2.79 bits per heavy atom. The zero-order valence-corrected chi connectivity index (χ0v) is 10.2. The first-order valence-electron chi connectivity index (χ1n) is 6.01. The van der Waals surface area contributed by atoms with Crippen LogP contribution >= 0.6 is 0 Å². The Labute approximate surface area is 108 Å². The van der Waals surface area contributed by atoms with Crippen molar-refractivity contribution in [2.75, 3.05) is 5.73 Å². The van der Waals surface area contributed by atoms with Gasteiger partial charge in [-0.3, -0.25) is 9.78 Å². The maximum absolute atomic E-state index is 11.3. The molecule has 2 heterocycles. The van der Waals surface area contributed by atoms with Crippen LogP contribution in [-0.4, -0.2) is 19.6 Å². The van der Waals surface area contributed by atoms with Crippen LogP contribution in [0, 0.1) is 0 Å². The number of H-pyrrole nitrogens is 1. The molecule has 6 heteroatoms. The van der Waals surface area contributed by atoms with Crippen molar-refractivity contribution in [1.29, 1.82) is 0 Å². The van der Waals surface area contributed by atoms with Gasteiger partial charge in [-0.25, -0.2) is 0 Å². The zero-order valence-electron chi connectivity index (χ0n) is 10.2. The topological polar surface area (TPSA) is 89.1 Å². The van der Waals surface area contributed by atoms with Gasteiger partial charge in [0.05, 0.1) is 0 Å². The van der Waals surface area contributed by atoms with Gasteiger partial charge in [-0.2, -0.15) is 9.50 Å². The van der Waals surface area contributed by atoms with E-state index in [2.05, 4.69) is 27.2 Å². The molecule has 0 radical (unpaired) electrons. The second-order valence-corrected chi connectivity index (χ2v) is 4.31. The Morgan fingerprint density at radius 2 is 2.00 bits per heavy atom. The predicted molar refractivity (Wildman–Crippen MR) is 71.9 cm³/mol. The van der Waals surface area contributed by atoms with Crippen molar-refractivity contribution in [3.63, 3.8) is 0 Å². The van der Waals surface area contributed by atoms with Crippen molar-refractivity contribution in [1.82, 2.24) is 19.6 Å². The molecule has 0 saturated carbocycles. The number of nitrogen functional groups attached to an aromatic ring is 1. The van der Waals surface area contributed by atoms with Crippen molar-refractivity contribution in [3.8, 4) is 0 Å². The number of nitrogens with one attached hydrogen (secondary N) is 1. The summed E-state index contributed by atoms with van der Waals surface area (Å²) in [5.41, 5.74) is 6.67. The smallest absolute Gasteiger partial charge is 0.254 e. The van der Waals surface area contributed by atoms with Crippen LogP contribution in [0.15, 0.2) is 41.2 Å². The second kappa shape index (κ2) is 4.56. The molecule has 96 valence electrons. The predicted octanol–water partition coefficient (Wildman–Crippen LogP) is 0.785. The standard InChI is InChI=1S/C13H13N5O/c14-10-8-12(19)16-13-15-11(17-18(10)13)7-6-9-4-2-1-3-5-9/h1-5,8H,6-7,14H2,(H,15,16,17,19). The molecule has 0 atom stereocenters. The van der Waals surface area contributed by atoms with Crippen molar-refractivity contribution in [3.05, 3.63) is 58.1 Å². The van der Waals surface area contributed by atoms with Crippen LogP contribution in [0.5, 0.6) is 0 Å². The number of aromatic nitrogens is 4. The molecule has 3 aromatic rings. The number of aromatic amines is 1. The quantitative estimate of drug-likeness (QED) is 0.724. The normalized spacial score (nSPS) is 10.9. The number of hydrogen-bond donors (Lipinski definition) is 2. The molecule has 6 nitrogen and oxygen atoms in total. The number of benzene rings is 1. The average molecular weight is 255 g/mol. The number of rotatable bonds is 3. The lowest BCUT2D eigenvalue weighted by Crippen LogP contribution is -2.11. The zero-order chi connectivity index (χ0) is 13.2. The molecule has 0 aliphatic rings. The molecule has 2 aromatic heterocycles. The van der Waals surface area contributed by atoms with Gasteiger partial charge in [-0.05, 0) is 12.0 Å². The summed E-state index contributed by atoms with van der Waals surface area (Å²) in [5, 5.41) is 4.28. The molecule has 0 unspecified atom stereocenters. The molecule has 0 amide bonds. The van der Waals surface area contributed by atoms with Gasteiger partial charge in [0.1, 0.15) is 5.82 Å². The maximum atomic E-state index is 11.3. The summed E-state index contributed by atoms with van der Waals surface area (Å²) in [5.74, 6) is 1.34. The number of hydrogen-bond acceptors (Lipinski definition) is 4. The first-order chi connectivity index (χ1) is 9.22. The molecule has 3 N–H and O–H groups in total. The largest absolute Gasteiger partial charge is 0.383 e. The SMILES string of the molecule is Nc1cc(=O)[nH]c2nc(CCc3ccccc3)nn12. The molecule has 3 rings (SSSR count). The van der Waals surface area contributed by atoms with Gasteiger partial charge in [-0.15, -0.1) is 5.10 Å². The highest BCUT2D eigenvalue weighted by Crippen LogP contribution is 2.06. The van der Waals surface area contributed by atoms with E-state index in [0.29, 0.717) is 18.0 Å². The molecule has 0 aliphatic heterocycles. The van der Waals surface area contributed by atoms with Crippen LogP contribution in [-0.2, 0) is 12.8 Å². The van der Waals surface area contributed by atoms with Crippen molar-refractivity contribution in [2.24, 2.45) is 0 Å². The summed E-state index contributed by atoms with van der Waals surface area (Å²) in [4.78, 5) is 18.1. The molecule has 0 spiro atoms. The number of fused-ring (bicyclic) bond motifs is 1. The number of nitrogens with two attached hydrogens (primary N) is 1. The molecule has 19 heavy (non-hydrogen) atoms. The summed E-state index contributed by atoms with van der Waals surface area (Å²) >= 11 is 0. The third-order valence-electron chi connectivity index (χ3n) is 2.89. The summed E-state index contributed by atoms with van der Waals surface area (Å²) in [6, 6.07) is 11.4. The lowest BCUT2D eigenvalue weighted by Gasteiger charge is -1.97. The second-order valence-electron chi connectivity index (χ2n) is 4.31. The van der Waals surface area contributed by atoms with E-state index in [4.69, 9.17) is 5.73 Å². The van der Waals surface area contributed by atoms with Crippen molar-refractivity contribution in [2.45, 2.75) is 12.8 Å². The first-order valence-corrected chi connectivity index (χ1v) is 6.01. The summed E-state index contributed by atoms with van der Waals surface area (Å²) in [7, 11) is 0. The Hall–Kier alpha value is -2.63. The Kier molecular flexibility index (Phi) is 2.75. The molecule has 1 aromatic carbocycles. The fourth-order valence-electron chi connectivity index (χ4n) is 1.96. The Morgan fingerprint density at radius 1 is 1.21 bits per heavy atom. The lowest BCUT2D eigenvalue weighted by atomic mass is 10.1. The Bertz CT molecular complexity index is 760. The van der Waals surface area contributed by atoms with Gasteiger partial charge >= 0.3 is 0 Å². The first kappa shape index (κ1) is 11.5. The summed E-state index contributed by atoms with van der Waals surface area (Å²) < 4.78 is 1.45. The molecule has 0 bridgehead atoms. The van der Waals surface area contributed by atoms with E-state index < -0.39 is 0 Å². The maximum Gasteiger partial charge on any atom is 0.254 e. The van der Waals surface area contributed by atoms with Crippen LogP contribution in [0.4, 0.5) is 5.82 Å².